The Hall–Kier alpha value is -1.82. The van der Waals surface area contributed by atoms with Gasteiger partial charge in [-0.05, 0) is 32.1 Å². The minimum Gasteiger partial charge on any atom is -0.396 e. The molecule has 0 radical (unpaired) electrons. The number of nitrogen functional groups attached to an aromatic ring is 1. The van der Waals surface area contributed by atoms with E-state index < -0.39 is 0 Å². The van der Waals surface area contributed by atoms with Crippen LogP contribution in [-0.2, 0) is 0 Å². The van der Waals surface area contributed by atoms with Crippen molar-refractivity contribution in [2.75, 3.05) is 48.3 Å². The Morgan fingerprint density at radius 3 is 2.48 bits per heavy atom. The van der Waals surface area contributed by atoms with E-state index in [0.29, 0.717) is 5.95 Å². The molecule has 1 aromatic heterocycles. The van der Waals surface area contributed by atoms with Crippen molar-refractivity contribution in [2.45, 2.75) is 32.1 Å². The SMILES string of the molecule is C=CC[C@]1(CO)CCCN(c2cc(N3CCCC3)nc(N)n2)C1. The van der Waals surface area contributed by atoms with Crippen LogP contribution in [0.1, 0.15) is 32.1 Å². The third-order valence-electron chi connectivity index (χ3n) is 5.04. The molecule has 6 nitrogen and oxygen atoms in total. The molecule has 0 saturated carbocycles. The van der Waals surface area contributed by atoms with Gasteiger partial charge in [-0.15, -0.1) is 6.58 Å². The molecule has 0 aliphatic carbocycles. The molecule has 0 amide bonds. The smallest absolute Gasteiger partial charge is 0.223 e. The number of nitrogens with zero attached hydrogens (tertiary/aromatic N) is 4. The molecule has 3 rings (SSSR count). The highest BCUT2D eigenvalue weighted by atomic mass is 16.3. The lowest BCUT2D eigenvalue weighted by molar-refractivity contribution is 0.108. The lowest BCUT2D eigenvalue weighted by Gasteiger charge is -2.42. The topological polar surface area (TPSA) is 78.5 Å². The summed E-state index contributed by atoms with van der Waals surface area (Å²) in [5, 5.41) is 9.88. The number of aliphatic hydroxyl groups excluding tert-OH is 1. The third-order valence-corrected chi connectivity index (χ3v) is 5.04. The second-order valence-corrected chi connectivity index (χ2v) is 6.81. The van der Waals surface area contributed by atoms with E-state index in [1.165, 1.54) is 12.8 Å². The zero-order valence-electron chi connectivity index (χ0n) is 13.7. The first-order valence-corrected chi connectivity index (χ1v) is 8.52. The van der Waals surface area contributed by atoms with E-state index in [0.717, 1.165) is 57.1 Å². The van der Waals surface area contributed by atoms with Gasteiger partial charge in [-0.25, -0.2) is 0 Å². The fraction of sp³-hybridized carbons (Fsp3) is 0.647. The Labute approximate surface area is 138 Å². The molecule has 0 spiro atoms. The lowest BCUT2D eigenvalue weighted by Crippen LogP contribution is -2.45. The van der Waals surface area contributed by atoms with Gasteiger partial charge in [0.25, 0.3) is 0 Å². The first-order valence-electron chi connectivity index (χ1n) is 8.52. The van der Waals surface area contributed by atoms with Crippen LogP contribution in [0.2, 0.25) is 0 Å². The number of anilines is 3. The van der Waals surface area contributed by atoms with Gasteiger partial charge in [-0.2, -0.15) is 9.97 Å². The summed E-state index contributed by atoms with van der Waals surface area (Å²) in [7, 11) is 0. The second kappa shape index (κ2) is 6.74. The molecule has 2 saturated heterocycles. The molecule has 126 valence electrons. The number of hydrogen-bond acceptors (Lipinski definition) is 6. The van der Waals surface area contributed by atoms with Gasteiger partial charge in [-0.1, -0.05) is 6.08 Å². The summed E-state index contributed by atoms with van der Waals surface area (Å²) in [5.41, 5.74) is 5.83. The maximum atomic E-state index is 9.88. The average Bonchev–Trinajstić information content (AvgIpc) is 3.09. The highest BCUT2D eigenvalue weighted by molar-refractivity contribution is 5.54. The van der Waals surface area contributed by atoms with Crippen LogP contribution in [0.15, 0.2) is 18.7 Å². The van der Waals surface area contributed by atoms with Crippen LogP contribution in [0.25, 0.3) is 0 Å². The molecule has 3 N–H and O–H groups in total. The Balaban J connectivity index is 1.84. The van der Waals surface area contributed by atoms with Gasteiger partial charge in [0.15, 0.2) is 0 Å². The molecule has 2 fully saturated rings. The van der Waals surface area contributed by atoms with Crippen molar-refractivity contribution in [3.05, 3.63) is 18.7 Å². The molecule has 1 aromatic rings. The summed E-state index contributed by atoms with van der Waals surface area (Å²) in [5.74, 6) is 2.13. The van der Waals surface area contributed by atoms with Crippen LogP contribution in [0.3, 0.4) is 0 Å². The van der Waals surface area contributed by atoms with Gasteiger partial charge in [0.05, 0.1) is 6.61 Å². The van der Waals surface area contributed by atoms with E-state index in [4.69, 9.17) is 5.73 Å². The van der Waals surface area contributed by atoms with Crippen molar-refractivity contribution in [1.29, 1.82) is 0 Å². The normalized spacial score (nSPS) is 24.9. The minimum atomic E-state index is -0.118. The Morgan fingerprint density at radius 2 is 1.83 bits per heavy atom. The molecular weight excluding hydrogens is 290 g/mol. The largest absolute Gasteiger partial charge is 0.396 e. The van der Waals surface area contributed by atoms with E-state index in [-0.39, 0.29) is 12.0 Å². The summed E-state index contributed by atoms with van der Waals surface area (Å²) >= 11 is 0. The zero-order valence-corrected chi connectivity index (χ0v) is 13.7. The van der Waals surface area contributed by atoms with Crippen molar-refractivity contribution < 1.29 is 5.11 Å². The van der Waals surface area contributed by atoms with Gasteiger partial charge in [-0.3, -0.25) is 0 Å². The molecule has 1 atom stereocenters. The van der Waals surface area contributed by atoms with E-state index in [2.05, 4.69) is 26.3 Å². The van der Waals surface area contributed by atoms with E-state index in [9.17, 15) is 5.11 Å². The van der Waals surface area contributed by atoms with Crippen LogP contribution < -0.4 is 15.5 Å². The van der Waals surface area contributed by atoms with Gasteiger partial charge >= 0.3 is 0 Å². The highest BCUT2D eigenvalue weighted by Crippen LogP contribution is 2.36. The number of rotatable bonds is 5. The van der Waals surface area contributed by atoms with Gasteiger partial charge in [0, 0.05) is 37.7 Å². The van der Waals surface area contributed by atoms with Gasteiger partial charge in [0.2, 0.25) is 5.95 Å². The van der Waals surface area contributed by atoms with Crippen molar-refractivity contribution in [2.24, 2.45) is 5.41 Å². The highest BCUT2D eigenvalue weighted by Gasteiger charge is 2.34. The van der Waals surface area contributed by atoms with Crippen molar-refractivity contribution in [3.8, 4) is 0 Å². The first-order chi connectivity index (χ1) is 11.2. The molecule has 23 heavy (non-hydrogen) atoms. The standard InChI is InChI=1S/C17H27N5O/c1-2-6-17(13-23)7-5-10-22(12-17)15-11-14(19-16(18)20-15)21-8-3-4-9-21/h2,11,23H,1,3-10,12-13H2,(H2,18,19,20)/t17-/m0/s1. The van der Waals surface area contributed by atoms with Crippen LogP contribution >= 0.6 is 0 Å². The van der Waals surface area contributed by atoms with Crippen LogP contribution in [0.5, 0.6) is 0 Å². The quantitative estimate of drug-likeness (QED) is 0.807. The Kier molecular flexibility index (Phi) is 4.71. The van der Waals surface area contributed by atoms with Gasteiger partial charge < -0.3 is 20.6 Å². The summed E-state index contributed by atoms with van der Waals surface area (Å²) in [6.07, 6.45) is 7.19. The number of piperidine rings is 1. The van der Waals surface area contributed by atoms with E-state index >= 15 is 0 Å². The van der Waals surface area contributed by atoms with Crippen molar-refractivity contribution in [3.63, 3.8) is 0 Å². The molecule has 2 aliphatic heterocycles. The molecule has 6 heteroatoms. The zero-order chi connectivity index (χ0) is 16.3. The monoisotopic (exact) mass is 317 g/mol. The summed E-state index contributed by atoms with van der Waals surface area (Å²) in [4.78, 5) is 13.4. The predicted molar refractivity (Wildman–Crippen MR) is 93.7 cm³/mol. The first kappa shape index (κ1) is 16.1. The van der Waals surface area contributed by atoms with Crippen LogP contribution in [0, 0.1) is 5.41 Å². The number of aromatic nitrogens is 2. The molecular formula is C17H27N5O. The molecule has 0 aromatic carbocycles. The Bertz CT molecular complexity index is 558. The number of nitrogens with two attached hydrogens (primary N) is 1. The number of hydrogen-bond donors (Lipinski definition) is 2. The Morgan fingerprint density at radius 1 is 1.17 bits per heavy atom. The predicted octanol–water partition coefficient (Wildman–Crippen LogP) is 1.81. The number of aliphatic hydroxyl groups is 1. The van der Waals surface area contributed by atoms with Crippen molar-refractivity contribution in [1.82, 2.24) is 9.97 Å². The summed E-state index contributed by atoms with van der Waals surface area (Å²) in [6.45, 7) is 7.81. The fourth-order valence-corrected chi connectivity index (χ4v) is 3.78. The molecule has 0 unspecified atom stereocenters. The fourth-order valence-electron chi connectivity index (χ4n) is 3.78. The second-order valence-electron chi connectivity index (χ2n) is 6.81. The lowest BCUT2D eigenvalue weighted by atomic mass is 9.78. The molecule has 0 bridgehead atoms. The maximum Gasteiger partial charge on any atom is 0.223 e. The maximum absolute atomic E-state index is 9.88. The van der Waals surface area contributed by atoms with E-state index in [1.54, 1.807) is 0 Å². The molecule has 2 aliphatic rings. The van der Waals surface area contributed by atoms with Crippen molar-refractivity contribution >= 4 is 17.6 Å². The third kappa shape index (κ3) is 3.42. The summed E-state index contributed by atoms with van der Waals surface area (Å²) < 4.78 is 0. The van der Waals surface area contributed by atoms with Gasteiger partial charge in [0.1, 0.15) is 11.6 Å². The summed E-state index contributed by atoms with van der Waals surface area (Å²) in [6, 6.07) is 2.04. The molecule has 3 heterocycles. The minimum absolute atomic E-state index is 0.118. The average molecular weight is 317 g/mol. The number of allylic oxidation sites excluding steroid dienone is 1. The van der Waals surface area contributed by atoms with Crippen LogP contribution in [-0.4, -0.2) is 47.9 Å². The van der Waals surface area contributed by atoms with E-state index in [1.807, 2.05) is 12.1 Å². The van der Waals surface area contributed by atoms with Crippen LogP contribution in [0.4, 0.5) is 17.6 Å².